The first kappa shape index (κ1) is 18.4. The minimum absolute atomic E-state index is 0.0954. The number of rotatable bonds is 5. The van der Waals surface area contributed by atoms with Crippen molar-refractivity contribution in [3.63, 3.8) is 0 Å². The summed E-state index contributed by atoms with van der Waals surface area (Å²) in [5.74, 6) is 0.523. The summed E-state index contributed by atoms with van der Waals surface area (Å²) >= 11 is 1.29. The van der Waals surface area contributed by atoms with Gasteiger partial charge in [-0.1, -0.05) is 30.0 Å². The third kappa shape index (κ3) is 3.55. The van der Waals surface area contributed by atoms with Crippen molar-refractivity contribution in [2.24, 2.45) is 0 Å². The Morgan fingerprint density at radius 3 is 2.75 bits per heavy atom. The molecular formula is C20H19N5O2S. The number of benzene rings is 1. The van der Waals surface area contributed by atoms with Crippen LogP contribution in [0.1, 0.15) is 18.4 Å². The number of aromatic nitrogens is 4. The zero-order valence-corrected chi connectivity index (χ0v) is 16.2. The van der Waals surface area contributed by atoms with Crippen LogP contribution >= 0.6 is 11.8 Å². The van der Waals surface area contributed by atoms with E-state index >= 15 is 0 Å². The maximum absolute atomic E-state index is 12.4. The lowest BCUT2D eigenvalue weighted by Gasteiger charge is -2.14. The highest BCUT2D eigenvalue weighted by atomic mass is 32.2. The number of aryl methyl sites for hydroxylation is 1. The Hall–Kier alpha value is -3.00. The van der Waals surface area contributed by atoms with Crippen LogP contribution in [0.5, 0.6) is 0 Å². The van der Waals surface area contributed by atoms with Gasteiger partial charge in [0.05, 0.1) is 11.4 Å². The van der Waals surface area contributed by atoms with Gasteiger partial charge in [-0.05, 0) is 37.1 Å². The van der Waals surface area contributed by atoms with Crippen LogP contribution in [0.2, 0.25) is 0 Å². The topological polar surface area (TPSA) is 81.0 Å². The maximum atomic E-state index is 12.4. The van der Waals surface area contributed by atoms with Gasteiger partial charge in [0.25, 0.3) is 0 Å². The number of amides is 2. The number of nitrogens with zero attached hydrogens (tertiary/aromatic N) is 5. The number of hydrogen-bond donors (Lipinski definition) is 0. The highest BCUT2D eigenvalue weighted by Crippen LogP contribution is 2.29. The highest BCUT2D eigenvalue weighted by Gasteiger charge is 2.27. The van der Waals surface area contributed by atoms with Crippen molar-refractivity contribution in [1.29, 1.82) is 0 Å². The second-order valence-corrected chi connectivity index (χ2v) is 7.44. The number of likely N-dealkylation sites (tertiary alicyclic amines) is 1. The molecule has 1 aromatic carbocycles. The second-order valence-electron chi connectivity index (χ2n) is 6.50. The number of carbonyl (C=O) groups excluding carboxylic acids is 2. The third-order valence-corrected chi connectivity index (χ3v) is 5.52. The molecule has 7 nitrogen and oxygen atoms in total. The summed E-state index contributed by atoms with van der Waals surface area (Å²) in [6, 6.07) is 11.7. The van der Waals surface area contributed by atoms with Gasteiger partial charge in [0.2, 0.25) is 11.8 Å². The van der Waals surface area contributed by atoms with E-state index in [0.29, 0.717) is 23.9 Å². The molecule has 3 aromatic rings. The molecule has 0 saturated carbocycles. The van der Waals surface area contributed by atoms with Crippen LogP contribution in [-0.4, -0.2) is 48.8 Å². The number of pyridine rings is 1. The molecule has 0 unspecified atom stereocenters. The lowest BCUT2D eigenvalue weighted by molar-refractivity contribution is -0.140. The quantitative estimate of drug-likeness (QED) is 0.620. The molecular weight excluding hydrogens is 374 g/mol. The van der Waals surface area contributed by atoms with E-state index in [9.17, 15) is 9.59 Å². The van der Waals surface area contributed by atoms with Crippen molar-refractivity contribution in [3.05, 3.63) is 54.4 Å². The molecule has 1 fully saturated rings. The molecule has 28 heavy (non-hydrogen) atoms. The Morgan fingerprint density at radius 1 is 1.18 bits per heavy atom. The van der Waals surface area contributed by atoms with Gasteiger partial charge in [-0.15, -0.1) is 10.2 Å². The molecule has 142 valence electrons. The van der Waals surface area contributed by atoms with Crippen LogP contribution in [0, 0.1) is 6.92 Å². The van der Waals surface area contributed by atoms with Crippen LogP contribution in [0.15, 0.2) is 53.9 Å². The summed E-state index contributed by atoms with van der Waals surface area (Å²) in [5, 5.41) is 9.28. The molecule has 8 heteroatoms. The number of thioether (sulfide) groups is 1. The molecule has 2 aromatic heterocycles. The van der Waals surface area contributed by atoms with Crippen molar-refractivity contribution in [1.82, 2.24) is 24.6 Å². The minimum atomic E-state index is -0.185. The molecule has 0 atom stereocenters. The second kappa shape index (κ2) is 7.93. The minimum Gasteiger partial charge on any atom is -0.282 e. The molecule has 0 aliphatic carbocycles. The standard InChI is InChI=1S/C20H19N5O2S/c1-14-6-2-3-8-16(14)25-19(15-7-4-10-21-12-15)22-23-20(25)28-13-18(27)24-11-5-9-17(24)26/h2-4,6-8,10,12H,5,9,11,13H2,1H3. The van der Waals surface area contributed by atoms with Crippen molar-refractivity contribution < 1.29 is 9.59 Å². The maximum Gasteiger partial charge on any atom is 0.239 e. The molecule has 1 aliphatic heterocycles. The molecule has 1 saturated heterocycles. The molecule has 0 N–H and O–H groups in total. The van der Waals surface area contributed by atoms with Gasteiger partial charge in [-0.25, -0.2) is 0 Å². The average molecular weight is 393 g/mol. The van der Waals surface area contributed by atoms with Crippen LogP contribution in [0.3, 0.4) is 0 Å². The number of carbonyl (C=O) groups is 2. The van der Waals surface area contributed by atoms with Crippen molar-refractivity contribution in [2.45, 2.75) is 24.9 Å². The van der Waals surface area contributed by atoms with Crippen LogP contribution in [-0.2, 0) is 9.59 Å². The first-order chi connectivity index (χ1) is 13.6. The number of hydrogen-bond acceptors (Lipinski definition) is 6. The van der Waals surface area contributed by atoms with Gasteiger partial charge in [-0.2, -0.15) is 0 Å². The van der Waals surface area contributed by atoms with Crippen molar-refractivity contribution in [3.8, 4) is 17.1 Å². The average Bonchev–Trinajstić information content (AvgIpc) is 3.33. The normalized spacial score (nSPS) is 13.9. The predicted octanol–water partition coefficient (Wildman–Crippen LogP) is 2.88. The van der Waals surface area contributed by atoms with Gasteiger partial charge >= 0.3 is 0 Å². The van der Waals surface area contributed by atoms with Crippen LogP contribution in [0.4, 0.5) is 0 Å². The molecule has 1 aliphatic rings. The van der Waals surface area contributed by atoms with Gasteiger partial charge in [-0.3, -0.25) is 24.0 Å². The lowest BCUT2D eigenvalue weighted by atomic mass is 10.2. The highest BCUT2D eigenvalue weighted by molar-refractivity contribution is 7.99. The molecule has 2 amide bonds. The summed E-state index contributed by atoms with van der Waals surface area (Å²) < 4.78 is 1.94. The number of para-hydroxylation sites is 1. The van der Waals surface area contributed by atoms with E-state index in [0.717, 1.165) is 23.2 Å². The van der Waals surface area contributed by atoms with Crippen molar-refractivity contribution in [2.75, 3.05) is 12.3 Å². The zero-order chi connectivity index (χ0) is 19.5. The van der Waals surface area contributed by atoms with E-state index in [2.05, 4.69) is 15.2 Å². The Labute approximate surface area is 166 Å². The molecule has 0 bridgehead atoms. The van der Waals surface area contributed by atoms with Crippen LogP contribution < -0.4 is 0 Å². The molecule has 4 rings (SSSR count). The molecule has 3 heterocycles. The lowest BCUT2D eigenvalue weighted by Crippen LogP contribution is -2.33. The summed E-state index contributed by atoms with van der Waals surface area (Å²) in [4.78, 5) is 29.8. The summed E-state index contributed by atoms with van der Waals surface area (Å²) in [7, 11) is 0. The smallest absolute Gasteiger partial charge is 0.239 e. The molecule has 0 radical (unpaired) electrons. The summed E-state index contributed by atoms with van der Waals surface area (Å²) in [6.07, 6.45) is 4.63. The fourth-order valence-electron chi connectivity index (χ4n) is 3.19. The Kier molecular flexibility index (Phi) is 5.21. The molecule has 0 spiro atoms. The van der Waals surface area contributed by atoms with Crippen molar-refractivity contribution >= 4 is 23.6 Å². The largest absolute Gasteiger partial charge is 0.282 e. The van der Waals surface area contributed by atoms with E-state index in [1.807, 2.05) is 47.9 Å². The first-order valence-corrected chi connectivity index (χ1v) is 10.0. The van der Waals surface area contributed by atoms with E-state index in [1.54, 1.807) is 12.4 Å². The third-order valence-electron chi connectivity index (χ3n) is 4.61. The van der Waals surface area contributed by atoms with E-state index in [-0.39, 0.29) is 17.6 Å². The fraction of sp³-hybridized carbons (Fsp3) is 0.250. The predicted molar refractivity (Wildman–Crippen MR) is 106 cm³/mol. The van der Waals surface area contributed by atoms with Gasteiger partial charge < -0.3 is 0 Å². The van der Waals surface area contributed by atoms with Gasteiger partial charge in [0.15, 0.2) is 11.0 Å². The summed E-state index contributed by atoms with van der Waals surface area (Å²) in [5.41, 5.74) is 2.85. The Balaban J connectivity index is 1.68. The number of imide groups is 1. The van der Waals surface area contributed by atoms with Crippen LogP contribution in [0.25, 0.3) is 17.1 Å². The van der Waals surface area contributed by atoms with E-state index in [4.69, 9.17) is 0 Å². The fourth-order valence-corrected chi connectivity index (χ4v) is 4.01. The SMILES string of the molecule is Cc1ccccc1-n1c(SCC(=O)N2CCCC2=O)nnc1-c1cccnc1. The Bertz CT molecular complexity index is 1020. The zero-order valence-electron chi connectivity index (χ0n) is 15.4. The first-order valence-electron chi connectivity index (χ1n) is 9.03. The Morgan fingerprint density at radius 2 is 2.04 bits per heavy atom. The van der Waals surface area contributed by atoms with Gasteiger partial charge in [0.1, 0.15) is 0 Å². The van der Waals surface area contributed by atoms with E-state index in [1.165, 1.54) is 16.7 Å². The summed E-state index contributed by atoms with van der Waals surface area (Å²) in [6.45, 7) is 2.52. The van der Waals surface area contributed by atoms with E-state index < -0.39 is 0 Å². The van der Waals surface area contributed by atoms with Gasteiger partial charge in [0, 0.05) is 30.9 Å². The monoisotopic (exact) mass is 393 g/mol.